The van der Waals surface area contributed by atoms with Gasteiger partial charge in [-0.15, -0.1) is 11.3 Å². The smallest absolute Gasteiger partial charge is 0.265 e. The van der Waals surface area contributed by atoms with Crippen molar-refractivity contribution in [3.63, 3.8) is 0 Å². The molecule has 2 N–H and O–H groups in total. The molecule has 2 amide bonds. The van der Waals surface area contributed by atoms with Crippen LogP contribution in [0, 0.1) is 0 Å². The molecule has 1 atom stereocenters. The second-order valence-electron chi connectivity index (χ2n) is 5.95. The van der Waals surface area contributed by atoms with Gasteiger partial charge in [0.2, 0.25) is 5.91 Å². The number of carbonyl (C=O) groups is 2. The lowest BCUT2D eigenvalue weighted by molar-refractivity contribution is -0.119. The lowest BCUT2D eigenvalue weighted by Crippen LogP contribution is -2.47. The van der Waals surface area contributed by atoms with Gasteiger partial charge in [-0.3, -0.25) is 14.5 Å². The third-order valence-corrected chi connectivity index (χ3v) is 4.89. The summed E-state index contributed by atoms with van der Waals surface area (Å²) < 4.78 is 5.38. The van der Waals surface area contributed by atoms with E-state index in [-0.39, 0.29) is 17.9 Å². The molecule has 25 heavy (non-hydrogen) atoms. The molecule has 0 unspecified atom stereocenters. The van der Waals surface area contributed by atoms with Crippen LogP contribution < -0.4 is 10.6 Å². The Bertz CT molecular complexity index is 716. The van der Waals surface area contributed by atoms with E-state index in [1.54, 1.807) is 30.3 Å². The zero-order valence-corrected chi connectivity index (χ0v) is 14.8. The Balaban J connectivity index is 1.51. The summed E-state index contributed by atoms with van der Waals surface area (Å²) in [5, 5.41) is 7.58. The summed E-state index contributed by atoms with van der Waals surface area (Å²) in [5.74, 6) is -0.183. The number of carbonyl (C=O) groups excluding carboxylic acids is 2. The number of hydrogen-bond donors (Lipinski definition) is 2. The highest BCUT2D eigenvalue weighted by atomic mass is 32.1. The van der Waals surface area contributed by atoms with Crippen molar-refractivity contribution in [1.82, 2.24) is 4.90 Å². The number of morpholine rings is 1. The molecule has 1 fully saturated rings. The van der Waals surface area contributed by atoms with Gasteiger partial charge < -0.3 is 15.4 Å². The number of hydrogen-bond acceptors (Lipinski definition) is 5. The number of rotatable bonds is 5. The fraction of sp³-hybridized carbons (Fsp3) is 0.333. The predicted octanol–water partition coefficient (Wildman–Crippen LogP) is 2.66. The molecule has 0 spiro atoms. The van der Waals surface area contributed by atoms with Crippen molar-refractivity contribution < 1.29 is 14.3 Å². The van der Waals surface area contributed by atoms with Crippen molar-refractivity contribution in [3.05, 3.63) is 46.7 Å². The molecule has 1 aromatic heterocycles. The maximum Gasteiger partial charge on any atom is 0.265 e. The summed E-state index contributed by atoms with van der Waals surface area (Å²) in [4.78, 5) is 27.0. The highest BCUT2D eigenvalue weighted by Crippen LogP contribution is 2.16. The third kappa shape index (κ3) is 4.88. The molecule has 2 heterocycles. The van der Waals surface area contributed by atoms with E-state index < -0.39 is 0 Å². The zero-order chi connectivity index (χ0) is 17.6. The summed E-state index contributed by atoms with van der Waals surface area (Å²) in [7, 11) is 0. The van der Waals surface area contributed by atoms with Gasteiger partial charge in [-0.05, 0) is 42.6 Å². The van der Waals surface area contributed by atoms with E-state index in [0.717, 1.165) is 6.54 Å². The van der Waals surface area contributed by atoms with E-state index in [0.29, 0.717) is 36.0 Å². The number of thiophene rings is 1. The summed E-state index contributed by atoms with van der Waals surface area (Å²) in [5.41, 5.74) is 1.40. The number of benzene rings is 1. The number of nitrogens with zero attached hydrogens (tertiary/aromatic N) is 1. The second kappa shape index (κ2) is 8.24. The van der Waals surface area contributed by atoms with Gasteiger partial charge in [0.05, 0.1) is 24.6 Å². The predicted molar refractivity (Wildman–Crippen MR) is 99.2 cm³/mol. The van der Waals surface area contributed by atoms with E-state index in [1.165, 1.54) is 11.3 Å². The molecule has 132 valence electrons. The van der Waals surface area contributed by atoms with Gasteiger partial charge in [-0.2, -0.15) is 0 Å². The first-order valence-electron chi connectivity index (χ1n) is 8.18. The van der Waals surface area contributed by atoms with E-state index in [2.05, 4.69) is 22.5 Å². The van der Waals surface area contributed by atoms with Crippen LogP contribution in [0.5, 0.6) is 0 Å². The molecule has 7 heteroatoms. The zero-order valence-electron chi connectivity index (χ0n) is 14.0. The van der Waals surface area contributed by atoms with Gasteiger partial charge >= 0.3 is 0 Å². The molecular formula is C18H21N3O3S. The van der Waals surface area contributed by atoms with Gasteiger partial charge in [-0.1, -0.05) is 6.07 Å². The minimum atomic E-state index is -0.131. The van der Waals surface area contributed by atoms with Crippen LogP contribution in [0.1, 0.15) is 16.6 Å². The molecule has 1 aromatic carbocycles. The lowest BCUT2D eigenvalue weighted by atomic mass is 10.2. The molecular weight excluding hydrogens is 338 g/mol. The normalized spacial score (nSPS) is 17.9. The van der Waals surface area contributed by atoms with Crippen LogP contribution in [-0.4, -0.2) is 49.1 Å². The van der Waals surface area contributed by atoms with Gasteiger partial charge in [-0.25, -0.2) is 0 Å². The number of anilines is 2. The maximum absolute atomic E-state index is 12.2. The molecule has 1 saturated heterocycles. The SMILES string of the molecule is C[C@H]1COCCN1CC(=O)Nc1ccc(NC(=O)c2cccs2)cc1. The molecule has 0 saturated carbocycles. The molecule has 1 aliphatic heterocycles. The molecule has 6 nitrogen and oxygen atoms in total. The lowest BCUT2D eigenvalue weighted by Gasteiger charge is -2.32. The maximum atomic E-state index is 12.2. The molecule has 0 radical (unpaired) electrons. The van der Waals surface area contributed by atoms with E-state index in [9.17, 15) is 9.59 Å². The van der Waals surface area contributed by atoms with Crippen LogP contribution in [0.15, 0.2) is 41.8 Å². The molecule has 0 bridgehead atoms. The Morgan fingerprint density at radius 1 is 1.20 bits per heavy atom. The van der Waals surface area contributed by atoms with Crippen LogP contribution in [0.2, 0.25) is 0 Å². The van der Waals surface area contributed by atoms with Gasteiger partial charge in [0, 0.05) is 24.0 Å². The van der Waals surface area contributed by atoms with Crippen molar-refractivity contribution in [3.8, 4) is 0 Å². The summed E-state index contributed by atoms with van der Waals surface area (Å²) in [6.45, 7) is 4.49. The number of ether oxygens (including phenoxy) is 1. The van der Waals surface area contributed by atoms with E-state index in [1.807, 2.05) is 11.4 Å². The Labute approximate surface area is 150 Å². The summed E-state index contributed by atoms with van der Waals surface area (Å²) in [6, 6.07) is 11.0. The minimum Gasteiger partial charge on any atom is -0.379 e. The van der Waals surface area contributed by atoms with Gasteiger partial charge in [0.15, 0.2) is 0 Å². The van der Waals surface area contributed by atoms with Crippen LogP contribution >= 0.6 is 11.3 Å². The number of nitrogens with one attached hydrogen (secondary N) is 2. The van der Waals surface area contributed by atoms with Crippen LogP contribution in [0.4, 0.5) is 11.4 Å². The first-order valence-corrected chi connectivity index (χ1v) is 9.06. The summed E-state index contributed by atoms with van der Waals surface area (Å²) >= 11 is 1.40. The van der Waals surface area contributed by atoms with Crippen molar-refractivity contribution >= 4 is 34.5 Å². The first kappa shape index (κ1) is 17.6. The monoisotopic (exact) mass is 359 g/mol. The highest BCUT2D eigenvalue weighted by Gasteiger charge is 2.21. The minimum absolute atomic E-state index is 0.0517. The van der Waals surface area contributed by atoms with E-state index in [4.69, 9.17) is 4.74 Å². The van der Waals surface area contributed by atoms with Gasteiger partial charge in [0.25, 0.3) is 5.91 Å². The Morgan fingerprint density at radius 2 is 1.92 bits per heavy atom. The average Bonchev–Trinajstić information content (AvgIpc) is 3.13. The average molecular weight is 359 g/mol. The Kier molecular flexibility index (Phi) is 5.80. The topological polar surface area (TPSA) is 70.7 Å². The van der Waals surface area contributed by atoms with Crippen LogP contribution in [0.25, 0.3) is 0 Å². The van der Waals surface area contributed by atoms with Crippen LogP contribution in [0.3, 0.4) is 0 Å². The molecule has 0 aliphatic carbocycles. The van der Waals surface area contributed by atoms with E-state index >= 15 is 0 Å². The van der Waals surface area contributed by atoms with Crippen molar-refractivity contribution in [2.24, 2.45) is 0 Å². The van der Waals surface area contributed by atoms with Crippen molar-refractivity contribution in [2.45, 2.75) is 13.0 Å². The third-order valence-electron chi connectivity index (χ3n) is 4.02. The largest absolute Gasteiger partial charge is 0.379 e. The Morgan fingerprint density at radius 3 is 2.56 bits per heavy atom. The quantitative estimate of drug-likeness (QED) is 0.861. The molecule has 1 aliphatic rings. The molecule has 3 rings (SSSR count). The number of amides is 2. The fourth-order valence-corrected chi connectivity index (χ4v) is 3.24. The standard InChI is InChI=1S/C18H21N3O3S/c1-13-12-24-9-8-21(13)11-17(22)19-14-4-6-15(7-5-14)20-18(23)16-3-2-10-25-16/h2-7,10,13H,8-9,11-12H2,1H3,(H,19,22)(H,20,23)/t13-/m0/s1. The van der Waals surface area contributed by atoms with Crippen LogP contribution in [-0.2, 0) is 9.53 Å². The second-order valence-corrected chi connectivity index (χ2v) is 6.90. The van der Waals surface area contributed by atoms with Gasteiger partial charge in [0.1, 0.15) is 0 Å². The summed E-state index contributed by atoms with van der Waals surface area (Å²) in [6.07, 6.45) is 0. The highest BCUT2D eigenvalue weighted by molar-refractivity contribution is 7.12. The first-order chi connectivity index (χ1) is 12.1. The molecule has 2 aromatic rings. The van der Waals surface area contributed by atoms with Crippen molar-refractivity contribution in [2.75, 3.05) is 36.9 Å². The fourth-order valence-electron chi connectivity index (χ4n) is 2.62. The Hall–Kier alpha value is -2.22. The van der Waals surface area contributed by atoms with Crippen molar-refractivity contribution in [1.29, 1.82) is 0 Å².